The molecule has 0 radical (unpaired) electrons. The summed E-state index contributed by atoms with van der Waals surface area (Å²) in [6, 6.07) is 0. The molecule has 0 aliphatic carbocycles. The van der Waals surface area contributed by atoms with Crippen LogP contribution in [0.25, 0.3) is 0 Å². The molecule has 0 aromatic heterocycles. The molecule has 0 heterocycles. The zero-order chi connectivity index (χ0) is 12.8. The van der Waals surface area contributed by atoms with Crippen LogP contribution >= 0.6 is 7.60 Å². The van der Waals surface area contributed by atoms with E-state index in [9.17, 15) is 9.67 Å². The maximum atomic E-state index is 12.3. The quantitative estimate of drug-likeness (QED) is 0.530. The van der Waals surface area contributed by atoms with E-state index in [1.165, 1.54) is 0 Å². The van der Waals surface area contributed by atoms with Crippen molar-refractivity contribution in [3.8, 4) is 0 Å². The highest BCUT2D eigenvalue weighted by Crippen LogP contribution is 2.55. The molecule has 0 amide bonds. The topological polar surface area (TPSA) is 55.8 Å². The second-order valence-corrected chi connectivity index (χ2v) is 6.29. The van der Waals surface area contributed by atoms with E-state index in [1.807, 2.05) is 0 Å². The minimum atomic E-state index is -3.44. The normalized spacial score (nSPS) is 14.4. The fourth-order valence-corrected chi connectivity index (χ4v) is 3.15. The fourth-order valence-electron chi connectivity index (χ4n) is 1.18. The van der Waals surface area contributed by atoms with Gasteiger partial charge in [0.2, 0.25) is 0 Å². The van der Waals surface area contributed by atoms with Gasteiger partial charge in [-0.15, -0.1) is 6.58 Å². The molecule has 4 nitrogen and oxygen atoms in total. The lowest BCUT2D eigenvalue weighted by Gasteiger charge is -2.26. The molecule has 0 rings (SSSR count). The van der Waals surface area contributed by atoms with Crippen molar-refractivity contribution in [2.75, 3.05) is 0 Å². The molecule has 1 atom stereocenters. The van der Waals surface area contributed by atoms with Gasteiger partial charge in [-0.25, -0.2) is 0 Å². The predicted octanol–water partition coefficient (Wildman–Crippen LogP) is 3.31. The standard InChI is InChI=1S/C11H23O4P/c1-6-7-8-11(12)16(13,14-9(2)3)15-10(4)5/h6,9-12H,1,7-8H2,2-5H3/t11-/m1/s1. The molecule has 0 spiro atoms. The second kappa shape index (κ2) is 7.23. The average molecular weight is 250 g/mol. The van der Waals surface area contributed by atoms with Gasteiger partial charge in [0.15, 0.2) is 5.85 Å². The molecule has 0 saturated carbocycles. The van der Waals surface area contributed by atoms with Crippen LogP contribution in [0.4, 0.5) is 0 Å². The number of hydrogen-bond acceptors (Lipinski definition) is 4. The molecule has 0 unspecified atom stereocenters. The molecule has 5 heteroatoms. The van der Waals surface area contributed by atoms with Crippen molar-refractivity contribution < 1.29 is 18.7 Å². The highest BCUT2D eigenvalue weighted by molar-refractivity contribution is 7.54. The van der Waals surface area contributed by atoms with Crippen LogP contribution in [0.1, 0.15) is 40.5 Å². The summed E-state index contributed by atoms with van der Waals surface area (Å²) in [5, 5.41) is 9.84. The van der Waals surface area contributed by atoms with Crippen molar-refractivity contribution in [2.24, 2.45) is 0 Å². The van der Waals surface area contributed by atoms with Crippen LogP contribution in [0, 0.1) is 0 Å². The molecule has 0 saturated heterocycles. The molecule has 0 bridgehead atoms. The molecule has 16 heavy (non-hydrogen) atoms. The van der Waals surface area contributed by atoms with E-state index in [-0.39, 0.29) is 12.2 Å². The van der Waals surface area contributed by atoms with Crippen LogP contribution in [0.3, 0.4) is 0 Å². The van der Waals surface area contributed by atoms with Crippen molar-refractivity contribution in [2.45, 2.75) is 58.6 Å². The van der Waals surface area contributed by atoms with Crippen molar-refractivity contribution in [3.63, 3.8) is 0 Å². The van der Waals surface area contributed by atoms with E-state index in [4.69, 9.17) is 9.05 Å². The minimum Gasteiger partial charge on any atom is -0.380 e. The Hall–Kier alpha value is -0.150. The van der Waals surface area contributed by atoms with Crippen LogP contribution in [0.5, 0.6) is 0 Å². The zero-order valence-corrected chi connectivity index (χ0v) is 11.4. The lowest BCUT2D eigenvalue weighted by Crippen LogP contribution is -2.18. The van der Waals surface area contributed by atoms with E-state index >= 15 is 0 Å². The van der Waals surface area contributed by atoms with Gasteiger partial charge in [0.05, 0.1) is 12.2 Å². The molecule has 96 valence electrons. The van der Waals surface area contributed by atoms with Gasteiger partial charge >= 0.3 is 7.60 Å². The Morgan fingerprint density at radius 1 is 1.25 bits per heavy atom. The van der Waals surface area contributed by atoms with Crippen LogP contribution in [-0.4, -0.2) is 23.2 Å². The van der Waals surface area contributed by atoms with Crippen LogP contribution in [0.2, 0.25) is 0 Å². The largest absolute Gasteiger partial charge is 0.380 e. The van der Waals surface area contributed by atoms with Crippen molar-refractivity contribution in [1.82, 2.24) is 0 Å². The zero-order valence-electron chi connectivity index (χ0n) is 10.5. The lowest BCUT2D eigenvalue weighted by atomic mass is 10.3. The van der Waals surface area contributed by atoms with Gasteiger partial charge in [-0.1, -0.05) is 6.08 Å². The number of rotatable bonds is 8. The van der Waals surface area contributed by atoms with Gasteiger partial charge in [-0.2, -0.15) is 0 Å². The summed E-state index contributed by atoms with van der Waals surface area (Å²) in [6.07, 6.45) is 2.08. The third-order valence-corrected chi connectivity index (χ3v) is 4.13. The summed E-state index contributed by atoms with van der Waals surface area (Å²) in [7, 11) is -3.44. The Kier molecular flexibility index (Phi) is 7.16. The maximum Gasteiger partial charge on any atom is 0.359 e. The second-order valence-electron chi connectivity index (χ2n) is 4.19. The van der Waals surface area contributed by atoms with E-state index in [2.05, 4.69) is 6.58 Å². The number of allylic oxidation sites excluding steroid dienone is 1. The van der Waals surface area contributed by atoms with Crippen LogP contribution in [0.15, 0.2) is 12.7 Å². The Bertz CT molecular complexity index is 236. The smallest absolute Gasteiger partial charge is 0.359 e. The molecule has 0 fully saturated rings. The van der Waals surface area contributed by atoms with E-state index in [1.54, 1.807) is 33.8 Å². The molecule has 0 aromatic rings. The predicted molar refractivity (Wildman–Crippen MR) is 65.5 cm³/mol. The van der Waals surface area contributed by atoms with E-state index in [0.717, 1.165) is 0 Å². The van der Waals surface area contributed by atoms with Crippen LogP contribution in [-0.2, 0) is 13.6 Å². The Labute approximate surface area is 98.2 Å². The van der Waals surface area contributed by atoms with Crippen molar-refractivity contribution in [3.05, 3.63) is 12.7 Å². The monoisotopic (exact) mass is 250 g/mol. The number of aliphatic hydroxyl groups is 1. The Balaban J connectivity index is 4.62. The van der Waals surface area contributed by atoms with Gasteiger partial charge in [0.25, 0.3) is 0 Å². The molecule has 0 aliphatic heterocycles. The Morgan fingerprint density at radius 2 is 1.69 bits per heavy atom. The van der Waals surface area contributed by atoms with E-state index < -0.39 is 13.4 Å². The third-order valence-electron chi connectivity index (χ3n) is 1.71. The summed E-state index contributed by atoms with van der Waals surface area (Å²) in [5.74, 6) is -1.09. The van der Waals surface area contributed by atoms with Crippen molar-refractivity contribution >= 4 is 7.60 Å². The summed E-state index contributed by atoms with van der Waals surface area (Å²) in [5.41, 5.74) is 0. The van der Waals surface area contributed by atoms with Gasteiger partial charge in [-0.05, 0) is 40.5 Å². The molecule has 0 aromatic carbocycles. The minimum absolute atomic E-state index is 0.247. The lowest BCUT2D eigenvalue weighted by molar-refractivity contribution is 0.0985. The SMILES string of the molecule is C=CCC[C@H](O)P(=O)(OC(C)C)OC(C)C. The highest BCUT2D eigenvalue weighted by Gasteiger charge is 2.36. The number of aliphatic hydroxyl groups excluding tert-OH is 1. The molecule has 0 aliphatic rings. The molecular weight excluding hydrogens is 227 g/mol. The molecule has 1 N–H and O–H groups in total. The van der Waals surface area contributed by atoms with Gasteiger partial charge in [0.1, 0.15) is 0 Å². The summed E-state index contributed by atoms with van der Waals surface area (Å²) >= 11 is 0. The number of hydrogen-bond donors (Lipinski definition) is 1. The van der Waals surface area contributed by atoms with Gasteiger partial charge in [0, 0.05) is 0 Å². The summed E-state index contributed by atoms with van der Waals surface area (Å²) in [6.45, 7) is 10.6. The summed E-state index contributed by atoms with van der Waals surface area (Å²) < 4.78 is 22.8. The first kappa shape index (κ1) is 15.9. The van der Waals surface area contributed by atoms with Crippen molar-refractivity contribution in [1.29, 1.82) is 0 Å². The average Bonchev–Trinajstić information content (AvgIpc) is 2.11. The van der Waals surface area contributed by atoms with Crippen LogP contribution < -0.4 is 0 Å². The Morgan fingerprint density at radius 3 is 2.00 bits per heavy atom. The molecular formula is C11H23O4P. The highest BCUT2D eigenvalue weighted by atomic mass is 31.2. The first-order chi connectivity index (χ1) is 7.31. The first-order valence-electron chi connectivity index (χ1n) is 5.57. The fraction of sp³-hybridized carbons (Fsp3) is 0.818. The van der Waals surface area contributed by atoms with E-state index in [0.29, 0.717) is 12.8 Å². The van der Waals surface area contributed by atoms with Gasteiger partial charge < -0.3 is 14.2 Å². The first-order valence-corrected chi connectivity index (χ1v) is 7.18. The van der Waals surface area contributed by atoms with Gasteiger partial charge in [-0.3, -0.25) is 4.57 Å². The maximum absolute atomic E-state index is 12.3. The third kappa shape index (κ3) is 5.80. The summed E-state index contributed by atoms with van der Waals surface area (Å²) in [4.78, 5) is 0.